The number of carbonyl (C=O) groups excluding carboxylic acids is 2. The van der Waals surface area contributed by atoms with Gasteiger partial charge in [0.15, 0.2) is 0 Å². The number of aliphatic imine (C=N–C) groups is 2. The van der Waals surface area contributed by atoms with Gasteiger partial charge < -0.3 is 10.2 Å². The Morgan fingerprint density at radius 2 is 1.89 bits per heavy atom. The average molecular weight is 518 g/mol. The maximum absolute atomic E-state index is 13.6. The molecule has 3 N–H and O–H groups in total. The molecule has 2 heterocycles. The van der Waals surface area contributed by atoms with Crippen LogP contribution in [0, 0.1) is 5.41 Å². The van der Waals surface area contributed by atoms with Crippen molar-refractivity contribution >= 4 is 33.4 Å². The summed E-state index contributed by atoms with van der Waals surface area (Å²) >= 11 is 0. The maximum atomic E-state index is 13.6. The summed E-state index contributed by atoms with van der Waals surface area (Å²) in [6.45, 7) is 7.68. The summed E-state index contributed by atoms with van der Waals surface area (Å²) < 4.78 is 27.7. The van der Waals surface area contributed by atoms with Crippen LogP contribution in [-0.4, -0.2) is 49.6 Å². The van der Waals surface area contributed by atoms with E-state index >= 15 is 0 Å². The summed E-state index contributed by atoms with van der Waals surface area (Å²) in [4.78, 5) is 41.1. The lowest BCUT2D eigenvalue weighted by Crippen LogP contribution is -2.48. The summed E-state index contributed by atoms with van der Waals surface area (Å²) in [5, 5.41) is 2.84. The van der Waals surface area contributed by atoms with Crippen molar-refractivity contribution in [3.05, 3.63) is 29.8 Å². The summed E-state index contributed by atoms with van der Waals surface area (Å²) in [5.41, 5.74) is 2.42. The highest BCUT2D eigenvalue weighted by molar-refractivity contribution is 7.90. The van der Waals surface area contributed by atoms with Gasteiger partial charge in [-0.3, -0.25) is 19.3 Å². The minimum atomic E-state index is -3.74. The number of ketones is 1. The van der Waals surface area contributed by atoms with Crippen LogP contribution in [0.25, 0.3) is 0 Å². The van der Waals surface area contributed by atoms with Gasteiger partial charge in [0, 0.05) is 5.56 Å². The molecule has 11 heteroatoms. The van der Waals surface area contributed by atoms with Crippen molar-refractivity contribution < 1.29 is 22.8 Å². The first-order valence-electron chi connectivity index (χ1n) is 12.6. The van der Waals surface area contributed by atoms with Crippen molar-refractivity contribution in [2.24, 2.45) is 15.4 Å². The summed E-state index contributed by atoms with van der Waals surface area (Å²) in [6, 6.07) is 4.85. The van der Waals surface area contributed by atoms with Gasteiger partial charge in [-0.05, 0) is 56.6 Å². The van der Waals surface area contributed by atoms with E-state index in [1.807, 2.05) is 13.8 Å². The molecule has 3 atom stereocenters. The van der Waals surface area contributed by atoms with E-state index in [9.17, 15) is 18.0 Å². The molecule has 1 unspecified atom stereocenters. The van der Waals surface area contributed by atoms with Crippen LogP contribution in [-0.2, 0) is 24.4 Å². The normalized spacial score (nSPS) is 26.4. The van der Waals surface area contributed by atoms with Crippen molar-refractivity contribution in [2.75, 3.05) is 0 Å². The van der Waals surface area contributed by atoms with Crippen molar-refractivity contribution in [1.82, 2.24) is 15.5 Å². The fourth-order valence-corrected chi connectivity index (χ4v) is 6.18. The Labute approximate surface area is 212 Å². The van der Waals surface area contributed by atoms with E-state index in [-0.39, 0.29) is 22.0 Å². The fourth-order valence-electron chi connectivity index (χ4n) is 4.94. The highest BCUT2D eigenvalue weighted by atomic mass is 32.2. The van der Waals surface area contributed by atoms with Gasteiger partial charge in [-0.1, -0.05) is 45.7 Å². The van der Waals surface area contributed by atoms with Gasteiger partial charge in [-0.15, -0.1) is 5.48 Å². The molecular formula is C25H35N5O5S. The Hall–Kier alpha value is -2.79. The largest absolute Gasteiger partial charge is 0.382 e. The first kappa shape index (κ1) is 26.3. The molecule has 0 saturated heterocycles. The Morgan fingerprint density at radius 3 is 2.53 bits per heavy atom. The van der Waals surface area contributed by atoms with E-state index in [0.717, 1.165) is 25.7 Å². The van der Waals surface area contributed by atoms with E-state index in [0.29, 0.717) is 24.8 Å². The van der Waals surface area contributed by atoms with Gasteiger partial charge in [0.25, 0.3) is 15.9 Å². The summed E-state index contributed by atoms with van der Waals surface area (Å²) in [6.07, 6.45) is 5.50. The van der Waals surface area contributed by atoms with Gasteiger partial charge in [0.05, 0.1) is 10.9 Å². The molecule has 36 heavy (non-hydrogen) atoms. The predicted octanol–water partition coefficient (Wildman–Crippen LogP) is 2.59. The van der Waals surface area contributed by atoms with E-state index in [4.69, 9.17) is 4.84 Å². The number of amides is 1. The zero-order valence-corrected chi connectivity index (χ0v) is 22.1. The minimum absolute atomic E-state index is 0.0606. The fraction of sp³-hybridized carbons (Fsp3) is 0.600. The molecule has 0 bridgehead atoms. The summed E-state index contributed by atoms with van der Waals surface area (Å²) in [5.74, 6) is -0.752. The molecule has 0 spiro atoms. The van der Waals surface area contributed by atoms with Crippen molar-refractivity contribution in [3.63, 3.8) is 0 Å². The number of carbonyl (C=O) groups is 2. The molecule has 1 aromatic rings. The lowest BCUT2D eigenvalue weighted by atomic mass is 9.82. The number of rotatable bonds is 9. The van der Waals surface area contributed by atoms with Gasteiger partial charge >= 0.3 is 0 Å². The molecule has 1 amide bonds. The highest BCUT2D eigenvalue weighted by Gasteiger charge is 2.39. The molecule has 1 aliphatic carbocycles. The number of hydrogen-bond donors (Lipinski definition) is 3. The molecule has 1 aromatic carbocycles. The van der Waals surface area contributed by atoms with Gasteiger partial charge in [0.1, 0.15) is 17.5 Å². The van der Waals surface area contributed by atoms with Crippen molar-refractivity contribution in [3.8, 4) is 0 Å². The van der Waals surface area contributed by atoms with Gasteiger partial charge in [-0.25, -0.2) is 13.4 Å². The monoisotopic (exact) mass is 517 g/mol. The molecule has 1 saturated carbocycles. The van der Waals surface area contributed by atoms with E-state index < -0.39 is 39.5 Å². The third kappa shape index (κ3) is 5.31. The van der Waals surface area contributed by atoms with Gasteiger partial charge in [-0.2, -0.15) is 0 Å². The number of Topliss-reactive ketones (excluding diaryl/α,β-unsaturated/α-hetero) is 1. The molecular weight excluding hydrogens is 482 g/mol. The average Bonchev–Trinajstić information content (AvgIpc) is 3.53. The van der Waals surface area contributed by atoms with Crippen LogP contribution in [0.3, 0.4) is 0 Å². The van der Waals surface area contributed by atoms with E-state index in [1.54, 1.807) is 25.1 Å². The standard InChI is InChI=1S/C25H35N5O5S/c1-5-17(20(31)23-28-25(4,6-2)30-35-23)27-22(32)18(15-24(3)13-9-10-14-24)26-21-16-11-7-8-12-19(16)36(33,34)29-21/h7-8,11-12,17-18,30H,5-6,9-10,13-15H2,1-4H3,(H,26,29)(H,27,32)/t17-,18-,25?/m0/s1. The van der Waals surface area contributed by atoms with Crippen LogP contribution in [0.2, 0.25) is 0 Å². The Bertz CT molecular complexity index is 1200. The lowest BCUT2D eigenvalue weighted by Gasteiger charge is -2.28. The number of nitrogens with one attached hydrogen (secondary N) is 3. The molecule has 196 valence electrons. The second kappa shape index (κ2) is 9.93. The first-order chi connectivity index (χ1) is 17.0. The van der Waals surface area contributed by atoms with E-state index in [2.05, 4.69) is 32.4 Å². The number of hydrogen-bond acceptors (Lipinski definition) is 8. The van der Waals surface area contributed by atoms with Gasteiger partial charge in [0.2, 0.25) is 11.7 Å². The van der Waals surface area contributed by atoms with E-state index in [1.165, 1.54) is 6.07 Å². The number of hydroxylamine groups is 1. The number of sulfonamides is 1. The van der Waals surface area contributed by atoms with Crippen LogP contribution in [0.15, 0.2) is 39.1 Å². The summed E-state index contributed by atoms with van der Waals surface area (Å²) in [7, 11) is -3.74. The van der Waals surface area contributed by atoms with Crippen LogP contribution >= 0.6 is 0 Å². The van der Waals surface area contributed by atoms with Crippen LogP contribution in [0.1, 0.15) is 78.2 Å². The van der Waals surface area contributed by atoms with Crippen LogP contribution in [0.5, 0.6) is 0 Å². The van der Waals surface area contributed by atoms with Crippen molar-refractivity contribution in [2.45, 2.75) is 95.3 Å². The minimum Gasteiger partial charge on any atom is -0.382 e. The number of benzene rings is 1. The highest BCUT2D eigenvalue weighted by Crippen LogP contribution is 2.42. The molecule has 1 fully saturated rings. The third-order valence-corrected chi connectivity index (χ3v) is 8.80. The Kier molecular flexibility index (Phi) is 7.25. The smallest absolute Gasteiger partial charge is 0.280 e. The molecule has 2 aliphatic heterocycles. The molecule has 10 nitrogen and oxygen atoms in total. The number of nitrogens with zero attached hydrogens (tertiary/aromatic N) is 2. The molecule has 3 aliphatic rings. The zero-order chi connectivity index (χ0) is 26.1. The predicted molar refractivity (Wildman–Crippen MR) is 136 cm³/mol. The Balaban J connectivity index is 1.60. The lowest BCUT2D eigenvalue weighted by molar-refractivity contribution is -0.127. The quantitative estimate of drug-likeness (QED) is 0.460. The molecule has 4 rings (SSSR count). The van der Waals surface area contributed by atoms with Crippen LogP contribution in [0.4, 0.5) is 0 Å². The Morgan fingerprint density at radius 1 is 1.19 bits per heavy atom. The number of fused-ring (bicyclic) bond motifs is 1. The molecule has 0 aromatic heterocycles. The van der Waals surface area contributed by atoms with Crippen LogP contribution < -0.4 is 15.5 Å². The number of amidine groups is 1. The first-order valence-corrected chi connectivity index (χ1v) is 14.1. The molecule has 0 radical (unpaired) electrons. The van der Waals surface area contributed by atoms with Crippen molar-refractivity contribution in [1.29, 1.82) is 0 Å². The second-order valence-electron chi connectivity index (χ2n) is 10.4. The topological polar surface area (TPSA) is 138 Å². The SMILES string of the molecule is CC[C@H](NC(=O)[C@H](CC1(C)CCCC1)N=C1NS(=O)(=O)c2ccccc21)C(=O)C1=NC(C)(CC)NO1. The zero-order valence-electron chi connectivity index (χ0n) is 21.3. The maximum Gasteiger partial charge on any atom is 0.280 e. The third-order valence-electron chi connectivity index (χ3n) is 7.40. The second-order valence-corrected chi connectivity index (χ2v) is 12.1.